The number of fused-ring (bicyclic) bond motifs is 4. The van der Waals surface area contributed by atoms with E-state index < -0.39 is 6.04 Å². The van der Waals surface area contributed by atoms with Gasteiger partial charge in [-0.2, -0.15) is 10.7 Å². The Morgan fingerprint density at radius 1 is 1.34 bits per heavy atom. The van der Waals surface area contributed by atoms with Crippen LogP contribution >= 0.6 is 12.0 Å². The van der Waals surface area contributed by atoms with Crippen LogP contribution in [-0.4, -0.2) is 76.9 Å². The fourth-order valence-corrected chi connectivity index (χ4v) is 7.21. The van der Waals surface area contributed by atoms with E-state index in [2.05, 4.69) is 33.5 Å². The third kappa shape index (κ3) is 3.93. The molecule has 0 spiro atoms. The third-order valence-electron chi connectivity index (χ3n) is 8.31. The van der Waals surface area contributed by atoms with Crippen LogP contribution in [0.2, 0.25) is 0 Å². The highest BCUT2D eigenvalue weighted by Crippen LogP contribution is 2.48. The average Bonchev–Trinajstić information content (AvgIpc) is 3.18. The van der Waals surface area contributed by atoms with E-state index in [1.54, 1.807) is 11.9 Å². The van der Waals surface area contributed by atoms with Gasteiger partial charge in [0.2, 0.25) is 11.8 Å². The van der Waals surface area contributed by atoms with Crippen LogP contribution in [0, 0.1) is 17.2 Å². The molecule has 3 heterocycles. The number of carbonyl (C=O) groups excluding carboxylic acids is 2. The highest BCUT2D eigenvalue weighted by molar-refractivity contribution is 7.94. The molecule has 0 radical (unpaired) electrons. The predicted molar refractivity (Wildman–Crippen MR) is 126 cm³/mol. The number of nitrogens with one attached hydrogen (secondary N) is 1. The van der Waals surface area contributed by atoms with Crippen molar-refractivity contribution in [3.63, 3.8) is 0 Å². The zero-order valence-electron chi connectivity index (χ0n) is 19.6. The number of hydrogen-bond acceptors (Lipinski definition) is 9. The number of rotatable bonds is 8. The number of hydrogen-bond donors (Lipinski definition) is 2. The van der Waals surface area contributed by atoms with Gasteiger partial charge in [-0.3, -0.25) is 14.5 Å². The van der Waals surface area contributed by atoms with E-state index in [1.165, 1.54) is 11.1 Å². The zero-order valence-corrected chi connectivity index (χ0v) is 20.4. The first kappa shape index (κ1) is 23.2. The molecule has 2 aliphatic carbocycles. The minimum absolute atomic E-state index is 0.0891. The van der Waals surface area contributed by atoms with Crippen molar-refractivity contribution in [3.05, 3.63) is 29.3 Å². The van der Waals surface area contributed by atoms with Gasteiger partial charge >= 0.3 is 0 Å². The largest absolute Gasteiger partial charge is 0.330 e. The van der Waals surface area contributed by atoms with Gasteiger partial charge in [0, 0.05) is 37.1 Å². The Morgan fingerprint density at radius 3 is 2.97 bits per heavy atom. The van der Waals surface area contributed by atoms with E-state index in [0.717, 1.165) is 55.6 Å². The van der Waals surface area contributed by atoms with Gasteiger partial charge in [-0.15, -0.1) is 9.32 Å². The quantitative estimate of drug-likeness (QED) is 0.233. The fourth-order valence-electron chi connectivity index (χ4n) is 6.71. The third-order valence-corrected chi connectivity index (χ3v) is 8.90. The highest BCUT2D eigenvalue weighted by Gasteiger charge is 2.56. The van der Waals surface area contributed by atoms with Crippen LogP contribution in [0.4, 0.5) is 0 Å². The Bertz CT molecular complexity index is 1080. The average molecular weight is 499 g/mol. The van der Waals surface area contributed by atoms with Gasteiger partial charge in [0.15, 0.2) is 0 Å². The number of carbonyl (C=O) groups is 2. The maximum Gasteiger partial charge on any atom is 0.242 e. The molecule has 4 fully saturated rings. The molecule has 3 saturated heterocycles. The summed E-state index contributed by atoms with van der Waals surface area (Å²) in [4.78, 5) is 38.0. The topological polar surface area (TPSA) is 124 Å². The van der Waals surface area contributed by atoms with E-state index >= 15 is 0 Å². The SMILES string of the molecule is CNOOSc1ccc2c(c1)CC[C@H]2N1C(=O)[C@@H]2C[C@H]1CN2C[C@H](N)C(=O)N1C2C[C@H]2C[C@H]1C#N. The zero-order chi connectivity index (χ0) is 24.3. The van der Waals surface area contributed by atoms with Gasteiger partial charge in [-0.05, 0) is 61.3 Å². The first-order chi connectivity index (χ1) is 17.0. The lowest BCUT2D eigenvalue weighted by atomic mass is 10.1. The van der Waals surface area contributed by atoms with Gasteiger partial charge in [0.1, 0.15) is 6.04 Å². The van der Waals surface area contributed by atoms with Crippen LogP contribution in [0.5, 0.6) is 0 Å². The molecular formula is C24H30N6O4S. The molecule has 3 aliphatic heterocycles. The number of benzene rings is 1. The molecule has 10 nitrogen and oxygen atoms in total. The molecule has 11 heteroatoms. The lowest BCUT2D eigenvalue weighted by Crippen LogP contribution is -2.57. The number of hydroxylamine groups is 1. The maximum atomic E-state index is 13.4. The van der Waals surface area contributed by atoms with Crippen LogP contribution < -0.4 is 11.2 Å². The molecule has 1 aromatic rings. The molecule has 1 unspecified atom stereocenters. The van der Waals surface area contributed by atoms with Crippen molar-refractivity contribution in [3.8, 4) is 6.07 Å². The molecular weight excluding hydrogens is 468 g/mol. The van der Waals surface area contributed by atoms with Gasteiger partial charge in [0.05, 0.1) is 36.2 Å². The molecule has 3 N–H and O–H groups in total. The van der Waals surface area contributed by atoms with Crippen molar-refractivity contribution in [2.75, 3.05) is 20.1 Å². The standard InChI is InChI=1S/C24H30N6O4S/c1-27-33-34-35-17-3-4-18-13(7-17)2-5-20(18)30-16-9-22(24(30)32)28(11-16)12-19(26)23(31)29-15(10-25)6-14-8-21(14)29/h3-4,7,14-16,19-22,27H,2,5-6,8-9,11-12,26H2,1H3/t14-,15+,16+,19+,20-,21?,22+/m1/s1. The van der Waals surface area contributed by atoms with Crippen molar-refractivity contribution in [1.82, 2.24) is 20.2 Å². The van der Waals surface area contributed by atoms with Gasteiger partial charge in [-0.25, -0.2) is 0 Å². The minimum Gasteiger partial charge on any atom is -0.330 e. The molecule has 186 valence electrons. The Balaban J connectivity index is 1.09. The number of likely N-dealkylation sites (tertiary alicyclic amines) is 3. The lowest BCUT2D eigenvalue weighted by molar-refractivity contribution is -0.237. The molecule has 1 aromatic carbocycles. The summed E-state index contributed by atoms with van der Waals surface area (Å²) in [7, 11) is 1.63. The van der Waals surface area contributed by atoms with E-state index in [1.807, 2.05) is 6.07 Å². The highest BCUT2D eigenvalue weighted by atomic mass is 32.2. The van der Waals surface area contributed by atoms with Crippen LogP contribution in [-0.2, 0) is 25.3 Å². The fraction of sp³-hybridized carbons (Fsp3) is 0.625. The van der Waals surface area contributed by atoms with Crippen molar-refractivity contribution in [1.29, 1.82) is 5.26 Å². The Labute approximate surface area is 208 Å². The Hall–Kier alpha value is -2.20. The molecule has 7 atom stereocenters. The summed E-state index contributed by atoms with van der Waals surface area (Å²) in [5.74, 6) is 0.462. The van der Waals surface area contributed by atoms with Crippen LogP contribution in [0.25, 0.3) is 0 Å². The summed E-state index contributed by atoms with van der Waals surface area (Å²) in [5, 5.41) is 9.42. The molecule has 2 bridgehead atoms. The molecule has 1 saturated carbocycles. The van der Waals surface area contributed by atoms with Crippen LogP contribution in [0.1, 0.15) is 42.9 Å². The molecule has 5 aliphatic rings. The van der Waals surface area contributed by atoms with E-state index in [4.69, 9.17) is 15.1 Å². The van der Waals surface area contributed by atoms with E-state index in [9.17, 15) is 14.9 Å². The molecule has 6 rings (SSSR count). The second kappa shape index (κ2) is 9.03. The summed E-state index contributed by atoms with van der Waals surface area (Å²) < 4.78 is 5.01. The second-order valence-electron chi connectivity index (χ2n) is 10.3. The number of nitrogens with two attached hydrogens (primary N) is 1. The Morgan fingerprint density at radius 2 is 2.20 bits per heavy atom. The van der Waals surface area contributed by atoms with Crippen molar-refractivity contribution < 1.29 is 18.9 Å². The van der Waals surface area contributed by atoms with Crippen molar-refractivity contribution in [2.45, 2.75) is 73.3 Å². The minimum atomic E-state index is -0.706. The van der Waals surface area contributed by atoms with Gasteiger partial charge in [-0.1, -0.05) is 6.07 Å². The number of piperidine rings is 1. The molecule has 35 heavy (non-hydrogen) atoms. The van der Waals surface area contributed by atoms with Gasteiger partial charge in [0.25, 0.3) is 0 Å². The second-order valence-corrected chi connectivity index (χ2v) is 11.0. The molecule has 2 amide bonds. The van der Waals surface area contributed by atoms with E-state index in [0.29, 0.717) is 12.5 Å². The van der Waals surface area contributed by atoms with E-state index in [-0.39, 0.29) is 42.0 Å². The smallest absolute Gasteiger partial charge is 0.242 e. The van der Waals surface area contributed by atoms with Gasteiger partial charge < -0.3 is 15.5 Å². The summed E-state index contributed by atoms with van der Waals surface area (Å²) in [5.41, 5.74) is 11.2. The summed E-state index contributed by atoms with van der Waals surface area (Å²) in [6.07, 6.45) is 4.37. The number of nitriles is 1. The summed E-state index contributed by atoms with van der Waals surface area (Å²) >= 11 is 1.15. The van der Waals surface area contributed by atoms with Crippen molar-refractivity contribution in [2.24, 2.45) is 11.7 Å². The predicted octanol–water partition coefficient (Wildman–Crippen LogP) is 0.889. The Kier molecular flexibility index (Phi) is 5.99. The van der Waals surface area contributed by atoms with Crippen LogP contribution in [0.3, 0.4) is 0 Å². The first-order valence-corrected chi connectivity index (χ1v) is 13.1. The number of aryl methyl sites for hydroxylation is 1. The summed E-state index contributed by atoms with van der Waals surface area (Å²) in [6, 6.07) is 7.59. The number of nitrogens with zero attached hydrogens (tertiary/aromatic N) is 4. The number of amides is 2. The monoisotopic (exact) mass is 498 g/mol. The van der Waals surface area contributed by atoms with Crippen molar-refractivity contribution >= 4 is 23.9 Å². The maximum absolute atomic E-state index is 13.4. The first-order valence-electron chi connectivity index (χ1n) is 12.3. The number of piperazine rings is 1. The van der Waals surface area contributed by atoms with Crippen LogP contribution in [0.15, 0.2) is 23.1 Å². The normalized spacial score (nSPS) is 33.7. The summed E-state index contributed by atoms with van der Waals surface area (Å²) in [6.45, 7) is 1.10. The lowest BCUT2D eigenvalue weighted by Gasteiger charge is -2.38. The molecule has 0 aromatic heterocycles.